The first kappa shape index (κ1) is 13.9. The summed E-state index contributed by atoms with van der Waals surface area (Å²) in [5.74, 6) is 0. The standard InChI is InChI=1S/C16H24N2O/c1-12-7-8-15(13(2)10-12)11-17-16(19)18-9-5-4-6-14(18)3/h7-8,10,14H,4-6,9,11H2,1-3H3,(H,17,19). The highest BCUT2D eigenvalue weighted by Crippen LogP contribution is 2.16. The van der Waals surface area contributed by atoms with Crippen molar-refractivity contribution in [3.63, 3.8) is 0 Å². The van der Waals surface area contributed by atoms with Gasteiger partial charge in [0.2, 0.25) is 0 Å². The van der Waals surface area contributed by atoms with Crippen LogP contribution >= 0.6 is 0 Å². The highest BCUT2D eigenvalue weighted by atomic mass is 16.2. The van der Waals surface area contributed by atoms with E-state index in [0.29, 0.717) is 12.6 Å². The molecule has 1 aromatic rings. The number of piperidine rings is 1. The first-order valence-corrected chi connectivity index (χ1v) is 7.18. The maximum absolute atomic E-state index is 12.2. The van der Waals surface area contributed by atoms with Gasteiger partial charge in [-0.1, -0.05) is 23.8 Å². The molecule has 2 amide bonds. The molecule has 19 heavy (non-hydrogen) atoms. The number of nitrogens with one attached hydrogen (secondary N) is 1. The molecular weight excluding hydrogens is 236 g/mol. The maximum Gasteiger partial charge on any atom is 0.317 e. The first-order valence-electron chi connectivity index (χ1n) is 7.18. The van der Waals surface area contributed by atoms with Crippen molar-refractivity contribution in [1.82, 2.24) is 10.2 Å². The van der Waals surface area contributed by atoms with Gasteiger partial charge in [0, 0.05) is 19.1 Å². The summed E-state index contributed by atoms with van der Waals surface area (Å²) >= 11 is 0. The number of likely N-dealkylation sites (tertiary alicyclic amines) is 1. The van der Waals surface area contributed by atoms with Gasteiger partial charge in [-0.15, -0.1) is 0 Å². The molecule has 1 N–H and O–H groups in total. The van der Waals surface area contributed by atoms with E-state index in [9.17, 15) is 4.79 Å². The predicted molar refractivity (Wildman–Crippen MR) is 78.2 cm³/mol. The number of urea groups is 1. The molecule has 3 nitrogen and oxygen atoms in total. The second-order valence-electron chi connectivity index (χ2n) is 5.63. The number of hydrogen-bond acceptors (Lipinski definition) is 1. The minimum atomic E-state index is 0.0761. The second-order valence-corrected chi connectivity index (χ2v) is 5.63. The van der Waals surface area contributed by atoms with E-state index in [2.05, 4.69) is 44.3 Å². The Morgan fingerprint density at radius 2 is 2.16 bits per heavy atom. The van der Waals surface area contributed by atoms with Crippen LogP contribution in [0.15, 0.2) is 18.2 Å². The Labute approximate surface area is 116 Å². The highest BCUT2D eigenvalue weighted by molar-refractivity contribution is 5.74. The molecule has 1 atom stereocenters. The van der Waals surface area contributed by atoms with Gasteiger partial charge >= 0.3 is 6.03 Å². The number of aryl methyl sites for hydroxylation is 2. The van der Waals surface area contributed by atoms with E-state index in [0.717, 1.165) is 19.4 Å². The van der Waals surface area contributed by atoms with Crippen molar-refractivity contribution in [2.45, 2.75) is 52.6 Å². The quantitative estimate of drug-likeness (QED) is 0.868. The zero-order valence-electron chi connectivity index (χ0n) is 12.2. The van der Waals surface area contributed by atoms with E-state index in [1.54, 1.807) is 0 Å². The Morgan fingerprint density at radius 1 is 1.37 bits per heavy atom. The topological polar surface area (TPSA) is 32.3 Å². The fourth-order valence-electron chi connectivity index (χ4n) is 2.72. The Hall–Kier alpha value is -1.51. The summed E-state index contributed by atoms with van der Waals surface area (Å²) in [4.78, 5) is 14.1. The minimum Gasteiger partial charge on any atom is -0.334 e. The molecule has 1 aliphatic heterocycles. The molecular formula is C16H24N2O. The average molecular weight is 260 g/mol. The van der Waals surface area contributed by atoms with Crippen LogP contribution in [0.1, 0.15) is 42.9 Å². The zero-order valence-corrected chi connectivity index (χ0v) is 12.2. The fourth-order valence-corrected chi connectivity index (χ4v) is 2.72. The Balaban J connectivity index is 1.92. The van der Waals surface area contributed by atoms with E-state index in [4.69, 9.17) is 0 Å². The number of nitrogens with zero attached hydrogens (tertiary/aromatic N) is 1. The Bertz CT molecular complexity index is 456. The van der Waals surface area contributed by atoms with Gasteiger partial charge in [0.25, 0.3) is 0 Å². The average Bonchev–Trinajstić information content (AvgIpc) is 2.38. The molecule has 0 saturated carbocycles. The summed E-state index contributed by atoms with van der Waals surface area (Å²) in [6.45, 7) is 7.83. The van der Waals surface area contributed by atoms with Gasteiger partial charge in [0.15, 0.2) is 0 Å². The molecule has 1 aromatic carbocycles. The summed E-state index contributed by atoms with van der Waals surface area (Å²) in [7, 11) is 0. The lowest BCUT2D eigenvalue weighted by Crippen LogP contribution is -2.47. The summed E-state index contributed by atoms with van der Waals surface area (Å²) < 4.78 is 0. The van der Waals surface area contributed by atoms with E-state index in [-0.39, 0.29) is 6.03 Å². The van der Waals surface area contributed by atoms with Gasteiger partial charge in [-0.25, -0.2) is 4.79 Å². The van der Waals surface area contributed by atoms with Gasteiger partial charge in [0.1, 0.15) is 0 Å². The summed E-state index contributed by atoms with van der Waals surface area (Å²) in [5, 5.41) is 3.05. The highest BCUT2D eigenvalue weighted by Gasteiger charge is 2.22. The lowest BCUT2D eigenvalue weighted by molar-refractivity contribution is 0.158. The van der Waals surface area contributed by atoms with E-state index < -0.39 is 0 Å². The number of rotatable bonds is 2. The van der Waals surface area contributed by atoms with Crippen LogP contribution < -0.4 is 5.32 Å². The number of carbonyl (C=O) groups excluding carboxylic acids is 1. The normalized spacial score (nSPS) is 19.3. The molecule has 1 unspecified atom stereocenters. The van der Waals surface area contributed by atoms with Crippen molar-refractivity contribution in [2.24, 2.45) is 0 Å². The maximum atomic E-state index is 12.2. The number of carbonyl (C=O) groups is 1. The Morgan fingerprint density at radius 3 is 2.84 bits per heavy atom. The van der Waals surface area contributed by atoms with Crippen LogP contribution in [0, 0.1) is 13.8 Å². The number of amides is 2. The van der Waals surface area contributed by atoms with Crippen LogP contribution in [0.4, 0.5) is 4.79 Å². The molecule has 1 heterocycles. The molecule has 1 fully saturated rings. The van der Waals surface area contributed by atoms with Gasteiger partial charge in [-0.2, -0.15) is 0 Å². The SMILES string of the molecule is Cc1ccc(CNC(=O)N2CCCCC2C)c(C)c1. The van der Waals surface area contributed by atoms with Crippen molar-refractivity contribution in [3.05, 3.63) is 34.9 Å². The van der Waals surface area contributed by atoms with Gasteiger partial charge in [-0.3, -0.25) is 0 Å². The van der Waals surface area contributed by atoms with Gasteiger partial charge in [-0.05, 0) is 51.2 Å². The third-order valence-electron chi connectivity index (χ3n) is 3.99. The summed E-state index contributed by atoms with van der Waals surface area (Å²) in [6, 6.07) is 6.80. The molecule has 0 aliphatic carbocycles. The first-order chi connectivity index (χ1) is 9.08. The lowest BCUT2D eigenvalue weighted by Gasteiger charge is -2.33. The van der Waals surface area contributed by atoms with E-state index >= 15 is 0 Å². The number of hydrogen-bond donors (Lipinski definition) is 1. The van der Waals surface area contributed by atoms with Crippen LogP contribution in [0.5, 0.6) is 0 Å². The van der Waals surface area contributed by atoms with Crippen molar-refractivity contribution in [2.75, 3.05) is 6.54 Å². The predicted octanol–water partition coefficient (Wildman–Crippen LogP) is 3.39. The summed E-state index contributed by atoms with van der Waals surface area (Å²) in [6.07, 6.45) is 3.49. The largest absolute Gasteiger partial charge is 0.334 e. The van der Waals surface area contributed by atoms with Gasteiger partial charge < -0.3 is 10.2 Å². The molecule has 1 saturated heterocycles. The van der Waals surface area contributed by atoms with Crippen molar-refractivity contribution < 1.29 is 4.79 Å². The molecule has 1 aliphatic rings. The molecule has 0 spiro atoms. The van der Waals surface area contributed by atoms with Crippen molar-refractivity contribution >= 4 is 6.03 Å². The van der Waals surface area contributed by atoms with E-state index in [1.165, 1.54) is 23.1 Å². The van der Waals surface area contributed by atoms with Crippen LogP contribution in [-0.4, -0.2) is 23.5 Å². The molecule has 0 bridgehead atoms. The zero-order chi connectivity index (χ0) is 13.8. The monoisotopic (exact) mass is 260 g/mol. The molecule has 3 heteroatoms. The minimum absolute atomic E-state index is 0.0761. The second kappa shape index (κ2) is 6.09. The van der Waals surface area contributed by atoms with Crippen LogP contribution in [0.25, 0.3) is 0 Å². The Kier molecular flexibility index (Phi) is 4.46. The lowest BCUT2D eigenvalue weighted by atomic mass is 10.0. The molecule has 0 aromatic heterocycles. The van der Waals surface area contributed by atoms with Crippen LogP contribution in [0.3, 0.4) is 0 Å². The summed E-state index contributed by atoms with van der Waals surface area (Å²) in [5.41, 5.74) is 3.70. The van der Waals surface area contributed by atoms with Crippen molar-refractivity contribution in [1.29, 1.82) is 0 Å². The van der Waals surface area contributed by atoms with Gasteiger partial charge in [0.05, 0.1) is 0 Å². The van der Waals surface area contributed by atoms with Crippen LogP contribution in [0.2, 0.25) is 0 Å². The number of benzene rings is 1. The molecule has 0 radical (unpaired) electrons. The third-order valence-corrected chi connectivity index (χ3v) is 3.99. The fraction of sp³-hybridized carbons (Fsp3) is 0.562. The molecule has 104 valence electrons. The van der Waals surface area contributed by atoms with E-state index in [1.807, 2.05) is 4.90 Å². The molecule has 2 rings (SSSR count). The van der Waals surface area contributed by atoms with Crippen LogP contribution in [-0.2, 0) is 6.54 Å². The van der Waals surface area contributed by atoms with Crippen molar-refractivity contribution in [3.8, 4) is 0 Å². The smallest absolute Gasteiger partial charge is 0.317 e. The third kappa shape index (κ3) is 3.49.